The molecular weight excluding hydrogens is 215 g/mol. The molecule has 1 aromatic carbocycles. The summed E-state index contributed by atoms with van der Waals surface area (Å²) in [5, 5.41) is 0. The number of nitrogens with two attached hydrogens (primary N) is 1. The van der Waals surface area contributed by atoms with Crippen LogP contribution in [0.4, 0.5) is 13.2 Å². The third kappa shape index (κ3) is 3.85. The van der Waals surface area contributed by atoms with Crippen LogP contribution in [0.15, 0.2) is 24.3 Å². The maximum absolute atomic E-state index is 12.3. The summed E-state index contributed by atoms with van der Waals surface area (Å²) in [5.74, 6) is -1.25. The molecule has 0 fully saturated rings. The van der Waals surface area contributed by atoms with Crippen molar-refractivity contribution >= 4 is 0 Å². The van der Waals surface area contributed by atoms with Crippen molar-refractivity contribution in [3.8, 4) is 0 Å². The second kappa shape index (κ2) is 5.34. The lowest BCUT2D eigenvalue weighted by Crippen LogP contribution is -2.20. The monoisotopic (exact) mass is 231 g/mol. The third-order valence-electron chi connectivity index (χ3n) is 2.68. The second-order valence-corrected chi connectivity index (χ2v) is 4.00. The standard InChI is InChI=1S/C12H16F3N/c1-9(12(13,14)15)2-3-10-4-6-11(8-16)7-5-10/h4-7,9H,2-3,8,16H2,1H3/t9-/m0/s1. The second-order valence-electron chi connectivity index (χ2n) is 4.00. The number of halogens is 3. The molecule has 0 aromatic heterocycles. The summed E-state index contributed by atoms with van der Waals surface area (Å²) >= 11 is 0. The molecule has 0 aliphatic heterocycles. The van der Waals surface area contributed by atoms with Crippen LogP contribution in [-0.4, -0.2) is 6.18 Å². The average Bonchev–Trinajstić information content (AvgIpc) is 2.25. The lowest BCUT2D eigenvalue weighted by Gasteiger charge is -2.15. The van der Waals surface area contributed by atoms with Gasteiger partial charge >= 0.3 is 6.18 Å². The summed E-state index contributed by atoms with van der Waals surface area (Å²) in [6.45, 7) is 1.67. The van der Waals surface area contributed by atoms with Crippen molar-refractivity contribution in [1.29, 1.82) is 0 Å². The van der Waals surface area contributed by atoms with Crippen LogP contribution in [0.1, 0.15) is 24.5 Å². The predicted octanol–water partition coefficient (Wildman–Crippen LogP) is 3.28. The first-order chi connectivity index (χ1) is 7.43. The van der Waals surface area contributed by atoms with E-state index in [1.165, 1.54) is 6.92 Å². The van der Waals surface area contributed by atoms with Crippen molar-refractivity contribution in [1.82, 2.24) is 0 Å². The summed E-state index contributed by atoms with van der Waals surface area (Å²) in [7, 11) is 0. The van der Waals surface area contributed by atoms with E-state index in [1.807, 2.05) is 24.3 Å². The first-order valence-electron chi connectivity index (χ1n) is 5.28. The number of hydrogen-bond donors (Lipinski definition) is 1. The fourth-order valence-electron chi connectivity index (χ4n) is 1.39. The largest absolute Gasteiger partial charge is 0.391 e. The van der Waals surface area contributed by atoms with Gasteiger partial charge in [-0.3, -0.25) is 0 Å². The Kier molecular flexibility index (Phi) is 4.35. The lowest BCUT2D eigenvalue weighted by molar-refractivity contribution is -0.170. The van der Waals surface area contributed by atoms with Crippen molar-refractivity contribution < 1.29 is 13.2 Å². The highest BCUT2D eigenvalue weighted by molar-refractivity contribution is 5.22. The van der Waals surface area contributed by atoms with Gasteiger partial charge in [0.1, 0.15) is 0 Å². The number of benzene rings is 1. The molecular formula is C12H16F3N. The molecule has 1 aromatic rings. The van der Waals surface area contributed by atoms with Gasteiger partial charge in [0.05, 0.1) is 5.92 Å². The van der Waals surface area contributed by atoms with Crippen LogP contribution >= 0.6 is 0 Å². The van der Waals surface area contributed by atoms with Gasteiger partial charge in [0.2, 0.25) is 0 Å². The first-order valence-corrected chi connectivity index (χ1v) is 5.28. The average molecular weight is 231 g/mol. The Balaban J connectivity index is 2.48. The van der Waals surface area contributed by atoms with E-state index in [-0.39, 0.29) is 6.42 Å². The Morgan fingerprint density at radius 3 is 2.06 bits per heavy atom. The Labute approximate surface area is 93.5 Å². The van der Waals surface area contributed by atoms with Crippen LogP contribution in [0, 0.1) is 5.92 Å². The molecule has 0 amide bonds. The molecule has 16 heavy (non-hydrogen) atoms. The molecule has 0 saturated heterocycles. The molecule has 4 heteroatoms. The zero-order valence-corrected chi connectivity index (χ0v) is 9.22. The molecule has 0 aliphatic carbocycles. The fourth-order valence-corrected chi connectivity index (χ4v) is 1.39. The number of rotatable bonds is 4. The SMILES string of the molecule is C[C@@H](CCc1ccc(CN)cc1)C(F)(F)F. The highest BCUT2D eigenvalue weighted by Crippen LogP contribution is 2.29. The van der Waals surface area contributed by atoms with Crippen LogP contribution in [0.2, 0.25) is 0 Å². The third-order valence-corrected chi connectivity index (χ3v) is 2.68. The molecule has 0 heterocycles. The molecule has 2 N–H and O–H groups in total. The summed E-state index contributed by atoms with van der Waals surface area (Å²) in [4.78, 5) is 0. The number of aryl methyl sites for hydroxylation is 1. The van der Waals surface area contributed by atoms with E-state index in [2.05, 4.69) is 0 Å². The van der Waals surface area contributed by atoms with Crippen molar-refractivity contribution in [3.05, 3.63) is 35.4 Å². The van der Waals surface area contributed by atoms with E-state index < -0.39 is 12.1 Å². The smallest absolute Gasteiger partial charge is 0.326 e. The molecule has 0 saturated carbocycles. The van der Waals surface area contributed by atoms with Crippen molar-refractivity contribution in [2.24, 2.45) is 11.7 Å². The minimum absolute atomic E-state index is 0.130. The highest BCUT2D eigenvalue weighted by Gasteiger charge is 2.35. The Morgan fingerprint density at radius 2 is 1.62 bits per heavy atom. The summed E-state index contributed by atoms with van der Waals surface area (Å²) in [6.07, 6.45) is -3.51. The van der Waals surface area contributed by atoms with Gasteiger partial charge in [0.15, 0.2) is 0 Å². The minimum atomic E-state index is -4.09. The Hall–Kier alpha value is -1.03. The molecule has 1 nitrogen and oxygen atoms in total. The van der Waals surface area contributed by atoms with E-state index in [1.54, 1.807) is 0 Å². The van der Waals surface area contributed by atoms with E-state index >= 15 is 0 Å². The molecule has 0 radical (unpaired) electrons. The minimum Gasteiger partial charge on any atom is -0.326 e. The quantitative estimate of drug-likeness (QED) is 0.845. The normalized spacial score (nSPS) is 13.8. The highest BCUT2D eigenvalue weighted by atomic mass is 19.4. The molecule has 1 atom stereocenters. The van der Waals surface area contributed by atoms with Crippen molar-refractivity contribution in [2.45, 2.75) is 32.5 Å². The lowest BCUT2D eigenvalue weighted by atomic mass is 10.00. The van der Waals surface area contributed by atoms with Gasteiger partial charge < -0.3 is 5.73 Å². The molecule has 0 bridgehead atoms. The van der Waals surface area contributed by atoms with Crippen molar-refractivity contribution in [3.63, 3.8) is 0 Å². The van der Waals surface area contributed by atoms with Gasteiger partial charge in [0.25, 0.3) is 0 Å². The van der Waals surface area contributed by atoms with Crippen LogP contribution in [0.5, 0.6) is 0 Å². The van der Waals surface area contributed by atoms with E-state index in [4.69, 9.17) is 5.73 Å². The van der Waals surface area contributed by atoms with Gasteiger partial charge in [-0.05, 0) is 24.0 Å². The number of hydrogen-bond acceptors (Lipinski definition) is 1. The number of alkyl halides is 3. The fraction of sp³-hybridized carbons (Fsp3) is 0.500. The van der Waals surface area contributed by atoms with Crippen LogP contribution in [0.25, 0.3) is 0 Å². The maximum Gasteiger partial charge on any atom is 0.391 e. The van der Waals surface area contributed by atoms with Crippen molar-refractivity contribution in [2.75, 3.05) is 0 Å². The summed E-state index contributed by atoms with van der Waals surface area (Å²) in [6, 6.07) is 7.39. The zero-order chi connectivity index (χ0) is 12.2. The van der Waals surface area contributed by atoms with Crippen LogP contribution in [-0.2, 0) is 13.0 Å². The Bertz CT molecular complexity index is 316. The zero-order valence-electron chi connectivity index (χ0n) is 9.22. The molecule has 0 aliphatic rings. The van der Waals surface area contributed by atoms with Gasteiger partial charge in [0, 0.05) is 6.54 Å². The topological polar surface area (TPSA) is 26.0 Å². The van der Waals surface area contributed by atoms with Crippen LogP contribution < -0.4 is 5.73 Å². The maximum atomic E-state index is 12.3. The van der Waals surface area contributed by atoms with Gasteiger partial charge in [-0.1, -0.05) is 31.2 Å². The van der Waals surface area contributed by atoms with Gasteiger partial charge in [-0.2, -0.15) is 13.2 Å². The van der Waals surface area contributed by atoms with Gasteiger partial charge in [-0.25, -0.2) is 0 Å². The summed E-state index contributed by atoms with van der Waals surface area (Å²) < 4.78 is 36.8. The molecule has 0 unspecified atom stereocenters. The van der Waals surface area contributed by atoms with E-state index in [0.717, 1.165) is 11.1 Å². The van der Waals surface area contributed by atoms with E-state index in [9.17, 15) is 13.2 Å². The summed E-state index contributed by atoms with van der Waals surface area (Å²) in [5.41, 5.74) is 7.35. The van der Waals surface area contributed by atoms with E-state index in [0.29, 0.717) is 13.0 Å². The molecule has 90 valence electrons. The van der Waals surface area contributed by atoms with Crippen LogP contribution in [0.3, 0.4) is 0 Å². The molecule has 0 spiro atoms. The molecule has 1 rings (SSSR count). The Morgan fingerprint density at radius 1 is 1.12 bits per heavy atom. The predicted molar refractivity (Wildman–Crippen MR) is 57.9 cm³/mol. The first kappa shape index (κ1) is 13.0. The van der Waals surface area contributed by atoms with Gasteiger partial charge in [-0.15, -0.1) is 0 Å².